The third-order valence-electron chi connectivity index (χ3n) is 4.36. The first-order valence-electron chi connectivity index (χ1n) is 8.48. The van der Waals surface area contributed by atoms with E-state index in [-0.39, 0.29) is 36.8 Å². The Hall–Kier alpha value is -3.01. The lowest BCUT2D eigenvalue weighted by molar-refractivity contribution is 0.612. The normalized spacial score (nSPS) is 11.6. The molecule has 0 bridgehead atoms. The van der Waals surface area contributed by atoms with Crippen molar-refractivity contribution in [2.75, 3.05) is 12.3 Å². The fraction of sp³-hybridized carbons (Fsp3) is 0.105. The van der Waals surface area contributed by atoms with Crippen LogP contribution in [0.1, 0.15) is 0 Å². The van der Waals surface area contributed by atoms with Gasteiger partial charge in [-0.15, -0.1) is 12.4 Å². The van der Waals surface area contributed by atoms with Crippen molar-refractivity contribution >= 4 is 39.1 Å². The van der Waals surface area contributed by atoms with Crippen molar-refractivity contribution < 1.29 is 4.39 Å². The maximum Gasteiger partial charge on any atom is 0.350 e. The van der Waals surface area contributed by atoms with Crippen LogP contribution in [0.25, 0.3) is 27.0 Å². The van der Waals surface area contributed by atoms with E-state index in [1.807, 2.05) is 42.5 Å². The SMILES string of the molecule is Cl.NC/C(=C\F)Cn1ncn(-c2cccc(-c3ccc4sc(N)nc4c3)c2)c1=O. The van der Waals surface area contributed by atoms with Crippen LogP contribution in [0.4, 0.5) is 9.52 Å². The number of anilines is 1. The molecular formula is C19H18ClFN6OS. The summed E-state index contributed by atoms with van der Waals surface area (Å²) in [5, 5.41) is 4.58. The summed E-state index contributed by atoms with van der Waals surface area (Å²) < 4.78 is 16.4. The number of fused-ring (bicyclic) bond motifs is 1. The van der Waals surface area contributed by atoms with E-state index < -0.39 is 0 Å². The van der Waals surface area contributed by atoms with Gasteiger partial charge in [0.25, 0.3) is 0 Å². The largest absolute Gasteiger partial charge is 0.375 e. The van der Waals surface area contributed by atoms with Gasteiger partial charge in [-0.2, -0.15) is 5.10 Å². The van der Waals surface area contributed by atoms with Gasteiger partial charge in [-0.25, -0.2) is 23.4 Å². The lowest BCUT2D eigenvalue weighted by Gasteiger charge is -2.06. The number of nitrogens with zero attached hydrogens (tertiary/aromatic N) is 4. The molecule has 4 rings (SSSR count). The zero-order chi connectivity index (χ0) is 19.7. The highest BCUT2D eigenvalue weighted by molar-refractivity contribution is 7.22. The van der Waals surface area contributed by atoms with Crippen LogP contribution in [0.15, 0.2) is 65.5 Å². The van der Waals surface area contributed by atoms with E-state index in [0.29, 0.717) is 17.1 Å². The molecule has 4 N–H and O–H groups in total. The minimum Gasteiger partial charge on any atom is -0.375 e. The second kappa shape index (κ2) is 8.56. The van der Waals surface area contributed by atoms with Gasteiger partial charge in [-0.05, 0) is 41.0 Å². The van der Waals surface area contributed by atoms with Crippen molar-refractivity contribution in [2.45, 2.75) is 6.54 Å². The zero-order valence-corrected chi connectivity index (χ0v) is 16.8. The Labute approximate surface area is 175 Å². The van der Waals surface area contributed by atoms with E-state index in [4.69, 9.17) is 11.5 Å². The lowest BCUT2D eigenvalue weighted by atomic mass is 10.0. The summed E-state index contributed by atoms with van der Waals surface area (Å²) in [5.74, 6) is 0. The summed E-state index contributed by atoms with van der Waals surface area (Å²) in [4.78, 5) is 16.9. The molecule has 2 heterocycles. The molecule has 0 saturated heterocycles. The van der Waals surface area contributed by atoms with E-state index in [1.54, 1.807) is 0 Å². The maximum absolute atomic E-state index is 12.8. The van der Waals surface area contributed by atoms with Crippen LogP contribution in [-0.2, 0) is 6.54 Å². The van der Waals surface area contributed by atoms with E-state index >= 15 is 0 Å². The van der Waals surface area contributed by atoms with Gasteiger partial charge in [-0.1, -0.05) is 29.5 Å². The molecule has 0 aliphatic heterocycles. The Morgan fingerprint density at radius 2 is 2.00 bits per heavy atom. The molecule has 0 fully saturated rings. The van der Waals surface area contributed by atoms with Crippen molar-refractivity contribution in [3.05, 3.63) is 71.2 Å². The number of hydrogen-bond donors (Lipinski definition) is 2. The Balaban J connectivity index is 0.00000240. The number of hydrogen-bond acceptors (Lipinski definition) is 6. The second-order valence-electron chi connectivity index (χ2n) is 6.20. The average Bonchev–Trinajstić information content (AvgIpc) is 3.27. The number of thiazole rings is 1. The highest BCUT2D eigenvalue weighted by atomic mass is 35.5. The van der Waals surface area contributed by atoms with E-state index in [9.17, 15) is 9.18 Å². The summed E-state index contributed by atoms with van der Waals surface area (Å²) >= 11 is 1.44. The minimum absolute atomic E-state index is 0. The number of aromatic nitrogens is 4. The summed E-state index contributed by atoms with van der Waals surface area (Å²) in [5.41, 5.74) is 14.5. The fourth-order valence-corrected chi connectivity index (χ4v) is 3.63. The zero-order valence-electron chi connectivity index (χ0n) is 15.2. The number of rotatable bonds is 5. The molecule has 0 spiro atoms. The number of halogens is 2. The molecule has 0 aliphatic carbocycles. The summed E-state index contributed by atoms with van der Waals surface area (Å²) in [6.07, 6.45) is 1.82. The van der Waals surface area contributed by atoms with Crippen LogP contribution < -0.4 is 17.2 Å². The standard InChI is InChI=1S/C19H17FN6OS.ClH/c20-8-12(9-21)10-26-19(27)25(11-23-26)15-3-1-2-13(6-15)14-4-5-17-16(7-14)24-18(22)28-17;/h1-8,11H,9-10,21H2,(H2,22,24);1H/b12-8+;. The van der Waals surface area contributed by atoms with E-state index in [1.165, 1.54) is 26.9 Å². The van der Waals surface area contributed by atoms with Crippen LogP contribution in [0.2, 0.25) is 0 Å². The fourth-order valence-electron chi connectivity index (χ4n) is 2.92. The van der Waals surface area contributed by atoms with Gasteiger partial charge in [0.1, 0.15) is 6.33 Å². The van der Waals surface area contributed by atoms with Crippen LogP contribution in [0, 0.1) is 0 Å². The Bertz CT molecular complexity index is 1240. The molecule has 7 nitrogen and oxygen atoms in total. The molecule has 0 atom stereocenters. The molecule has 0 amide bonds. The van der Waals surface area contributed by atoms with Gasteiger partial charge in [0.05, 0.1) is 28.8 Å². The molecular weight excluding hydrogens is 415 g/mol. The summed E-state index contributed by atoms with van der Waals surface area (Å²) in [6, 6.07) is 13.4. The lowest BCUT2D eigenvalue weighted by Crippen LogP contribution is -2.25. The van der Waals surface area contributed by atoms with Crippen molar-refractivity contribution in [2.24, 2.45) is 5.73 Å². The van der Waals surface area contributed by atoms with Gasteiger partial charge >= 0.3 is 5.69 Å². The first-order chi connectivity index (χ1) is 13.6. The smallest absolute Gasteiger partial charge is 0.350 e. The average molecular weight is 433 g/mol. The van der Waals surface area contributed by atoms with Gasteiger partial charge in [-0.3, -0.25) is 0 Å². The van der Waals surface area contributed by atoms with Gasteiger partial charge in [0.15, 0.2) is 5.13 Å². The molecule has 2 aromatic carbocycles. The van der Waals surface area contributed by atoms with Crippen molar-refractivity contribution in [1.82, 2.24) is 19.3 Å². The van der Waals surface area contributed by atoms with Crippen molar-refractivity contribution in [1.29, 1.82) is 0 Å². The maximum atomic E-state index is 12.8. The number of nitrogens with two attached hydrogens (primary N) is 2. The quantitative estimate of drug-likeness (QED) is 0.504. The monoisotopic (exact) mass is 432 g/mol. The highest BCUT2D eigenvalue weighted by Crippen LogP contribution is 2.29. The predicted molar refractivity (Wildman–Crippen MR) is 116 cm³/mol. The summed E-state index contributed by atoms with van der Waals surface area (Å²) in [6.45, 7) is 0.0370. The second-order valence-corrected chi connectivity index (χ2v) is 7.26. The molecule has 0 radical (unpaired) electrons. The molecule has 29 heavy (non-hydrogen) atoms. The molecule has 0 aliphatic rings. The Kier molecular flexibility index (Phi) is 6.12. The van der Waals surface area contributed by atoms with Crippen LogP contribution in [0.3, 0.4) is 0 Å². The van der Waals surface area contributed by atoms with E-state index in [2.05, 4.69) is 10.1 Å². The van der Waals surface area contributed by atoms with Gasteiger partial charge < -0.3 is 11.5 Å². The third-order valence-corrected chi connectivity index (χ3v) is 5.23. The van der Waals surface area contributed by atoms with Crippen LogP contribution in [0.5, 0.6) is 0 Å². The molecule has 0 saturated carbocycles. The van der Waals surface area contributed by atoms with Crippen molar-refractivity contribution in [3.63, 3.8) is 0 Å². The highest BCUT2D eigenvalue weighted by Gasteiger charge is 2.10. The van der Waals surface area contributed by atoms with Gasteiger partial charge in [0, 0.05) is 6.54 Å². The van der Waals surface area contributed by atoms with Gasteiger partial charge in [0.2, 0.25) is 0 Å². The molecule has 2 aromatic heterocycles. The summed E-state index contributed by atoms with van der Waals surface area (Å²) in [7, 11) is 0. The minimum atomic E-state index is -0.368. The number of benzene rings is 2. The first-order valence-corrected chi connectivity index (χ1v) is 9.30. The van der Waals surface area contributed by atoms with E-state index in [0.717, 1.165) is 21.3 Å². The van der Waals surface area contributed by atoms with Crippen LogP contribution in [-0.4, -0.2) is 25.9 Å². The first kappa shape index (κ1) is 20.7. The third kappa shape index (κ3) is 4.07. The Morgan fingerprint density at radius 3 is 2.76 bits per heavy atom. The number of nitrogen functional groups attached to an aromatic ring is 1. The topological polar surface area (TPSA) is 105 Å². The molecule has 150 valence electrons. The Morgan fingerprint density at radius 1 is 1.21 bits per heavy atom. The molecule has 0 unspecified atom stereocenters. The van der Waals surface area contributed by atoms with Crippen LogP contribution >= 0.6 is 23.7 Å². The van der Waals surface area contributed by atoms with Crippen molar-refractivity contribution in [3.8, 4) is 16.8 Å². The molecule has 10 heteroatoms. The molecule has 4 aromatic rings. The predicted octanol–water partition coefficient (Wildman–Crippen LogP) is 3.13.